The van der Waals surface area contributed by atoms with Crippen LogP contribution in [0.15, 0.2) is 42.0 Å². The Balaban J connectivity index is 1.56. The molecule has 0 radical (unpaired) electrons. The summed E-state index contributed by atoms with van der Waals surface area (Å²) in [7, 11) is 2.84. The average molecular weight is 636 g/mol. The average Bonchev–Trinajstić information content (AvgIpc) is 3.31. The maximum Gasteiger partial charge on any atom is 0.303 e. The molecule has 45 heavy (non-hydrogen) atoms. The highest BCUT2D eigenvalue weighted by molar-refractivity contribution is 7.87. The Kier molecular flexibility index (Phi) is 10.1. The first-order valence-electron chi connectivity index (χ1n) is 15.7. The molecular weight excluding hydrogens is 590 g/mol. The van der Waals surface area contributed by atoms with Gasteiger partial charge in [-0.3, -0.25) is 9.59 Å². The largest absolute Gasteiger partial charge is 0.497 e. The zero-order valence-electron chi connectivity index (χ0n) is 27.0. The first-order chi connectivity index (χ1) is 21.6. The fourth-order valence-corrected chi connectivity index (χ4v) is 7.46. The summed E-state index contributed by atoms with van der Waals surface area (Å²) in [6, 6.07) is 11.4. The number of aldehydes is 1. The van der Waals surface area contributed by atoms with Gasteiger partial charge in [-0.05, 0) is 86.8 Å². The van der Waals surface area contributed by atoms with E-state index in [1.165, 1.54) is 23.3 Å². The third-order valence-corrected chi connectivity index (χ3v) is 10.8. The van der Waals surface area contributed by atoms with Crippen LogP contribution in [0, 0.1) is 0 Å². The number of nitrogens with zero attached hydrogens (tertiary/aromatic N) is 3. The van der Waals surface area contributed by atoms with E-state index in [2.05, 4.69) is 20.7 Å². The van der Waals surface area contributed by atoms with Crippen LogP contribution >= 0.6 is 0 Å². The number of rotatable bonds is 12. The second-order valence-corrected chi connectivity index (χ2v) is 14.0. The molecule has 0 saturated heterocycles. The fourth-order valence-electron chi connectivity index (χ4n) is 6.63. The summed E-state index contributed by atoms with van der Waals surface area (Å²) in [6.45, 7) is 4.65. The van der Waals surface area contributed by atoms with Crippen LogP contribution in [0.1, 0.15) is 66.4 Å². The molecule has 2 heterocycles. The lowest BCUT2D eigenvalue weighted by molar-refractivity contribution is -0.105. The molecule has 10 nitrogen and oxygen atoms in total. The number of nitrogens with one attached hydrogen (secondary N) is 2. The predicted molar refractivity (Wildman–Crippen MR) is 179 cm³/mol. The van der Waals surface area contributed by atoms with Crippen LogP contribution in [0.25, 0.3) is 27.7 Å². The van der Waals surface area contributed by atoms with Gasteiger partial charge in [0.1, 0.15) is 12.0 Å². The van der Waals surface area contributed by atoms with Gasteiger partial charge in [-0.15, -0.1) is 0 Å². The van der Waals surface area contributed by atoms with Crippen LogP contribution in [-0.4, -0.2) is 88.8 Å². The molecule has 2 N–H and O–H groups in total. The molecule has 11 heteroatoms. The number of hydrogen-bond donors (Lipinski definition) is 2. The van der Waals surface area contributed by atoms with E-state index in [1.54, 1.807) is 19.2 Å². The standard InChI is InChI=1S/C34H45N5O5S/c1-23-26(22-40)21-39-31-19-25(34(41)36-45(42,43)38(4)18-17-37(3)16-15-35-2)11-13-29(31)32(24-9-7-6-8-10-24)33(39)28-14-12-27(44-5)20-30(23)28/h11-14,19-20,22,24,35H,6-10,15-18,21H2,1-5H3,(H,36,41). The Hall–Kier alpha value is -3.51. The van der Waals surface area contributed by atoms with Gasteiger partial charge < -0.3 is 19.5 Å². The van der Waals surface area contributed by atoms with Gasteiger partial charge >= 0.3 is 10.2 Å². The molecule has 0 atom stereocenters. The number of likely N-dealkylation sites (N-methyl/N-ethyl adjacent to an activating group) is 3. The highest BCUT2D eigenvalue weighted by atomic mass is 32.2. The van der Waals surface area contributed by atoms with Crippen molar-refractivity contribution in [3.05, 3.63) is 58.7 Å². The zero-order chi connectivity index (χ0) is 32.3. The van der Waals surface area contributed by atoms with Crippen LogP contribution in [-0.2, 0) is 21.5 Å². The zero-order valence-corrected chi connectivity index (χ0v) is 27.8. The molecule has 1 saturated carbocycles. The van der Waals surface area contributed by atoms with Crippen molar-refractivity contribution in [2.45, 2.75) is 51.5 Å². The van der Waals surface area contributed by atoms with Crippen LogP contribution in [0.4, 0.5) is 0 Å². The normalized spacial score (nSPS) is 15.7. The predicted octanol–water partition coefficient (Wildman–Crippen LogP) is 4.41. The summed E-state index contributed by atoms with van der Waals surface area (Å²) < 4.78 is 37.3. The maximum atomic E-state index is 13.4. The lowest BCUT2D eigenvalue weighted by atomic mass is 9.81. The minimum Gasteiger partial charge on any atom is -0.497 e. The summed E-state index contributed by atoms with van der Waals surface area (Å²) in [6.07, 6.45) is 6.58. The number of hydrogen-bond acceptors (Lipinski definition) is 7. The van der Waals surface area contributed by atoms with Gasteiger partial charge in [0.05, 0.1) is 19.3 Å². The van der Waals surface area contributed by atoms with Crippen molar-refractivity contribution >= 4 is 38.9 Å². The van der Waals surface area contributed by atoms with E-state index in [9.17, 15) is 18.0 Å². The first-order valence-corrected chi connectivity index (χ1v) is 17.1. The second kappa shape index (κ2) is 13.9. The van der Waals surface area contributed by atoms with Gasteiger partial charge in [0.2, 0.25) is 0 Å². The van der Waals surface area contributed by atoms with Crippen molar-refractivity contribution in [3.63, 3.8) is 0 Å². The lowest BCUT2D eigenvalue weighted by Gasteiger charge is -2.24. The summed E-state index contributed by atoms with van der Waals surface area (Å²) in [5.74, 6) is 0.366. The van der Waals surface area contributed by atoms with E-state index < -0.39 is 16.1 Å². The number of benzene rings is 2. The third kappa shape index (κ3) is 6.72. The van der Waals surface area contributed by atoms with Gasteiger partial charge in [0, 0.05) is 60.8 Å². The van der Waals surface area contributed by atoms with E-state index in [-0.39, 0.29) is 12.1 Å². The van der Waals surface area contributed by atoms with Crippen molar-refractivity contribution in [3.8, 4) is 17.0 Å². The molecule has 5 rings (SSSR count). The Bertz CT molecular complexity index is 1720. The summed E-state index contributed by atoms with van der Waals surface area (Å²) in [5.41, 5.74) is 6.87. The molecule has 1 aliphatic heterocycles. The number of carbonyl (C=O) groups is 2. The SMILES string of the molecule is CNCCN(C)CCN(C)S(=O)(=O)NC(=O)c1ccc2c(C3CCCCC3)c3n(c2c1)CC(C=O)=C(C)c1cc(OC)ccc1-3. The summed E-state index contributed by atoms with van der Waals surface area (Å²) in [5, 5.41) is 4.11. The number of amides is 1. The van der Waals surface area contributed by atoms with Crippen LogP contribution < -0.4 is 14.8 Å². The quantitative estimate of drug-likeness (QED) is 0.284. The minimum absolute atomic E-state index is 0.239. The molecule has 1 amide bonds. The molecule has 242 valence electrons. The Morgan fingerprint density at radius 2 is 1.80 bits per heavy atom. The molecular formula is C34H45N5O5S. The molecule has 0 unspecified atom stereocenters. The van der Waals surface area contributed by atoms with Crippen molar-refractivity contribution < 1.29 is 22.7 Å². The van der Waals surface area contributed by atoms with Gasteiger partial charge in [-0.25, -0.2) is 4.72 Å². The van der Waals surface area contributed by atoms with Gasteiger partial charge in [0.15, 0.2) is 0 Å². The van der Waals surface area contributed by atoms with Crippen LogP contribution in [0.3, 0.4) is 0 Å². The molecule has 0 spiro atoms. The molecule has 0 bridgehead atoms. The van der Waals surface area contributed by atoms with Gasteiger partial charge in [-0.1, -0.05) is 25.3 Å². The number of carbonyl (C=O) groups excluding carboxylic acids is 2. The van der Waals surface area contributed by atoms with Crippen LogP contribution in [0.5, 0.6) is 5.75 Å². The Morgan fingerprint density at radius 1 is 1.04 bits per heavy atom. The van der Waals surface area contributed by atoms with Crippen LogP contribution in [0.2, 0.25) is 0 Å². The molecule has 3 aromatic rings. The summed E-state index contributed by atoms with van der Waals surface area (Å²) in [4.78, 5) is 27.9. The molecule has 1 fully saturated rings. The maximum absolute atomic E-state index is 13.4. The fraction of sp³-hybridized carbons (Fsp3) is 0.471. The van der Waals surface area contributed by atoms with Crippen molar-refractivity contribution in [1.82, 2.24) is 23.8 Å². The van der Waals surface area contributed by atoms with E-state index in [1.807, 2.05) is 44.1 Å². The third-order valence-electron chi connectivity index (χ3n) is 9.39. The second-order valence-electron chi connectivity index (χ2n) is 12.3. The van der Waals surface area contributed by atoms with Gasteiger partial charge in [-0.2, -0.15) is 12.7 Å². The number of methoxy groups -OCH3 is 1. The number of fused-ring (bicyclic) bond motifs is 5. The number of allylic oxidation sites excluding steroid dienone is 2. The van der Waals surface area contributed by atoms with E-state index in [4.69, 9.17) is 4.74 Å². The summed E-state index contributed by atoms with van der Waals surface area (Å²) >= 11 is 0. The molecule has 2 aliphatic rings. The van der Waals surface area contributed by atoms with E-state index in [0.717, 1.165) is 84.1 Å². The van der Waals surface area contributed by atoms with Gasteiger partial charge in [0.25, 0.3) is 5.91 Å². The topological polar surface area (TPSA) is 113 Å². The van der Waals surface area contributed by atoms with E-state index >= 15 is 0 Å². The smallest absolute Gasteiger partial charge is 0.303 e. The monoisotopic (exact) mass is 635 g/mol. The highest BCUT2D eigenvalue weighted by Crippen LogP contribution is 2.48. The molecule has 2 aromatic carbocycles. The molecule has 1 aromatic heterocycles. The van der Waals surface area contributed by atoms with Crippen molar-refractivity contribution in [1.29, 1.82) is 0 Å². The molecule has 1 aliphatic carbocycles. The Labute approximate surface area is 266 Å². The van der Waals surface area contributed by atoms with E-state index in [0.29, 0.717) is 24.6 Å². The number of ether oxygens (including phenoxy) is 1. The number of aromatic nitrogens is 1. The van der Waals surface area contributed by atoms with Crippen molar-refractivity contribution in [2.24, 2.45) is 0 Å². The van der Waals surface area contributed by atoms with Crippen molar-refractivity contribution in [2.75, 3.05) is 54.4 Å². The lowest BCUT2D eigenvalue weighted by Crippen LogP contribution is -2.44. The Morgan fingerprint density at radius 3 is 2.49 bits per heavy atom. The minimum atomic E-state index is -4.06. The highest BCUT2D eigenvalue weighted by Gasteiger charge is 2.31. The first kappa shape index (κ1) is 32.9.